The number of carbonyl (C=O) groups is 2. The van der Waals surface area contributed by atoms with E-state index in [1.54, 1.807) is 49.6 Å². The van der Waals surface area contributed by atoms with Crippen molar-refractivity contribution in [3.05, 3.63) is 77.3 Å². The van der Waals surface area contributed by atoms with Crippen LogP contribution in [0.15, 0.2) is 66.7 Å². The molecule has 1 heterocycles. The zero-order chi connectivity index (χ0) is 21.8. The first kappa shape index (κ1) is 20.4. The van der Waals surface area contributed by atoms with Gasteiger partial charge in [0.1, 0.15) is 11.6 Å². The third-order valence-electron chi connectivity index (χ3n) is 4.56. The average molecular weight is 436 g/mol. The monoisotopic (exact) mass is 435 g/mol. The van der Waals surface area contributed by atoms with Crippen LogP contribution in [-0.4, -0.2) is 35.6 Å². The summed E-state index contributed by atoms with van der Waals surface area (Å²) in [6.45, 7) is -0.428. The number of imidazole rings is 1. The summed E-state index contributed by atoms with van der Waals surface area (Å²) in [4.78, 5) is 32.2. The van der Waals surface area contributed by atoms with E-state index in [0.717, 1.165) is 11.3 Å². The van der Waals surface area contributed by atoms with Crippen LogP contribution in [0.3, 0.4) is 0 Å². The number of methoxy groups -OCH3 is 1. The van der Waals surface area contributed by atoms with Crippen molar-refractivity contribution in [3.63, 3.8) is 0 Å². The molecule has 0 saturated heterocycles. The molecule has 0 spiro atoms. The van der Waals surface area contributed by atoms with E-state index in [4.69, 9.17) is 21.1 Å². The second-order valence-electron chi connectivity index (χ2n) is 6.65. The van der Waals surface area contributed by atoms with Gasteiger partial charge in [-0.2, -0.15) is 0 Å². The Morgan fingerprint density at radius 2 is 1.84 bits per heavy atom. The Kier molecular flexibility index (Phi) is 5.86. The topological polar surface area (TPSA) is 93.3 Å². The Morgan fingerprint density at radius 3 is 2.58 bits per heavy atom. The molecule has 31 heavy (non-hydrogen) atoms. The summed E-state index contributed by atoms with van der Waals surface area (Å²) in [5, 5.41) is 3.01. The van der Waals surface area contributed by atoms with E-state index in [1.807, 2.05) is 24.3 Å². The molecule has 8 heteroatoms. The number of nitrogens with zero attached hydrogens (tertiary/aromatic N) is 1. The minimum Gasteiger partial charge on any atom is -0.497 e. The maximum absolute atomic E-state index is 12.4. The van der Waals surface area contributed by atoms with Crippen molar-refractivity contribution in [3.8, 4) is 17.1 Å². The van der Waals surface area contributed by atoms with Gasteiger partial charge in [0.25, 0.3) is 5.91 Å². The number of aromatic nitrogens is 2. The van der Waals surface area contributed by atoms with Gasteiger partial charge in [0.15, 0.2) is 6.61 Å². The number of fused-ring (bicyclic) bond motifs is 1. The Bertz CT molecular complexity index is 1250. The predicted octanol–water partition coefficient (Wildman–Crippen LogP) is 4.69. The molecule has 0 fully saturated rings. The number of benzene rings is 3. The Hall–Kier alpha value is -3.84. The van der Waals surface area contributed by atoms with Crippen molar-refractivity contribution in [1.29, 1.82) is 0 Å². The van der Waals surface area contributed by atoms with Crippen molar-refractivity contribution < 1.29 is 19.1 Å². The fourth-order valence-electron chi connectivity index (χ4n) is 2.99. The first-order valence-corrected chi connectivity index (χ1v) is 9.77. The van der Waals surface area contributed by atoms with Crippen LogP contribution in [0, 0.1) is 0 Å². The zero-order valence-corrected chi connectivity index (χ0v) is 17.3. The fourth-order valence-corrected chi connectivity index (χ4v) is 3.17. The molecule has 0 aliphatic heterocycles. The predicted molar refractivity (Wildman–Crippen MR) is 118 cm³/mol. The van der Waals surface area contributed by atoms with Gasteiger partial charge in [0, 0.05) is 5.56 Å². The second-order valence-corrected chi connectivity index (χ2v) is 7.06. The highest BCUT2D eigenvalue weighted by atomic mass is 35.5. The van der Waals surface area contributed by atoms with Crippen molar-refractivity contribution in [2.24, 2.45) is 0 Å². The van der Waals surface area contributed by atoms with Crippen LogP contribution in [0.4, 0.5) is 5.69 Å². The number of aromatic amines is 1. The summed E-state index contributed by atoms with van der Waals surface area (Å²) >= 11 is 6.01. The number of carbonyl (C=O) groups excluding carboxylic acids is 2. The van der Waals surface area contributed by atoms with Gasteiger partial charge in [-0.1, -0.05) is 23.7 Å². The largest absolute Gasteiger partial charge is 0.497 e. The quantitative estimate of drug-likeness (QED) is 0.428. The van der Waals surface area contributed by atoms with E-state index in [2.05, 4.69) is 15.3 Å². The maximum Gasteiger partial charge on any atom is 0.338 e. The Morgan fingerprint density at radius 1 is 1.06 bits per heavy atom. The van der Waals surface area contributed by atoms with E-state index in [1.165, 1.54) is 0 Å². The minimum atomic E-state index is -0.614. The van der Waals surface area contributed by atoms with E-state index in [0.29, 0.717) is 33.1 Å². The Labute approximate surface area is 183 Å². The third kappa shape index (κ3) is 4.67. The smallest absolute Gasteiger partial charge is 0.338 e. The van der Waals surface area contributed by atoms with Gasteiger partial charge >= 0.3 is 5.97 Å². The summed E-state index contributed by atoms with van der Waals surface area (Å²) in [6, 6.07) is 19.3. The van der Waals surface area contributed by atoms with E-state index >= 15 is 0 Å². The first-order chi connectivity index (χ1) is 15.0. The molecule has 0 atom stereocenters. The summed E-state index contributed by atoms with van der Waals surface area (Å²) in [6.07, 6.45) is 0. The molecule has 0 bridgehead atoms. The standard InChI is InChI=1S/C23H18ClN3O4/c1-30-16-9-6-14(7-10-16)22-26-19-11-8-15(12-20(19)27-22)23(29)31-13-21(28)25-18-5-3-2-4-17(18)24/h2-12H,13H2,1H3,(H,25,28)(H,26,27). The molecular weight excluding hydrogens is 418 g/mol. The number of para-hydroxylation sites is 1. The summed E-state index contributed by atoms with van der Waals surface area (Å²) in [5.74, 6) is 0.327. The first-order valence-electron chi connectivity index (χ1n) is 9.39. The lowest BCUT2D eigenvalue weighted by molar-refractivity contribution is -0.119. The highest BCUT2D eigenvalue weighted by Gasteiger charge is 2.14. The summed E-state index contributed by atoms with van der Waals surface area (Å²) in [7, 11) is 1.61. The minimum absolute atomic E-state index is 0.308. The van der Waals surface area contributed by atoms with Gasteiger partial charge in [-0.15, -0.1) is 0 Å². The molecule has 3 aromatic carbocycles. The maximum atomic E-state index is 12.4. The van der Waals surface area contributed by atoms with Gasteiger partial charge in [-0.25, -0.2) is 9.78 Å². The fraction of sp³-hybridized carbons (Fsp3) is 0.0870. The number of halogens is 1. The van der Waals surface area contributed by atoms with Gasteiger partial charge in [0.05, 0.1) is 34.4 Å². The Balaban J connectivity index is 1.43. The van der Waals surface area contributed by atoms with Gasteiger partial charge in [0.2, 0.25) is 0 Å². The molecule has 1 aromatic heterocycles. The molecule has 0 aliphatic rings. The molecule has 0 unspecified atom stereocenters. The van der Waals surface area contributed by atoms with Crippen LogP contribution in [0.5, 0.6) is 5.75 Å². The molecule has 7 nitrogen and oxygen atoms in total. The molecule has 1 amide bonds. The molecule has 4 rings (SSSR count). The number of esters is 1. The lowest BCUT2D eigenvalue weighted by atomic mass is 10.2. The number of hydrogen-bond acceptors (Lipinski definition) is 5. The highest BCUT2D eigenvalue weighted by molar-refractivity contribution is 6.33. The summed E-state index contributed by atoms with van der Waals surface area (Å²) in [5.41, 5.74) is 3.04. The van der Waals surface area contributed by atoms with Gasteiger partial charge < -0.3 is 19.8 Å². The lowest BCUT2D eigenvalue weighted by Gasteiger charge is -2.08. The molecule has 4 aromatic rings. The molecule has 0 radical (unpaired) electrons. The van der Waals surface area contributed by atoms with Crippen LogP contribution in [0.2, 0.25) is 5.02 Å². The third-order valence-corrected chi connectivity index (χ3v) is 4.89. The number of H-pyrrole nitrogens is 1. The highest BCUT2D eigenvalue weighted by Crippen LogP contribution is 2.24. The molecule has 0 aliphatic carbocycles. The van der Waals surface area contributed by atoms with Crippen molar-refractivity contribution in [1.82, 2.24) is 9.97 Å². The van der Waals surface area contributed by atoms with E-state index in [-0.39, 0.29) is 0 Å². The zero-order valence-electron chi connectivity index (χ0n) is 16.5. The van der Waals surface area contributed by atoms with Crippen molar-refractivity contribution in [2.75, 3.05) is 19.0 Å². The van der Waals surface area contributed by atoms with Gasteiger partial charge in [-0.05, 0) is 54.6 Å². The number of ether oxygens (including phenoxy) is 2. The second kappa shape index (κ2) is 8.89. The lowest BCUT2D eigenvalue weighted by Crippen LogP contribution is -2.21. The average Bonchev–Trinajstić information content (AvgIpc) is 3.22. The number of amides is 1. The van der Waals surface area contributed by atoms with Crippen LogP contribution >= 0.6 is 11.6 Å². The number of hydrogen-bond donors (Lipinski definition) is 2. The van der Waals surface area contributed by atoms with E-state index < -0.39 is 18.5 Å². The number of nitrogens with one attached hydrogen (secondary N) is 2. The molecular formula is C23H18ClN3O4. The van der Waals surface area contributed by atoms with Crippen LogP contribution < -0.4 is 10.1 Å². The van der Waals surface area contributed by atoms with Crippen molar-refractivity contribution in [2.45, 2.75) is 0 Å². The van der Waals surface area contributed by atoms with Crippen LogP contribution in [-0.2, 0) is 9.53 Å². The number of anilines is 1. The van der Waals surface area contributed by atoms with E-state index in [9.17, 15) is 9.59 Å². The number of rotatable bonds is 6. The molecule has 0 saturated carbocycles. The van der Waals surface area contributed by atoms with Crippen molar-refractivity contribution >= 4 is 40.2 Å². The molecule has 2 N–H and O–H groups in total. The molecule has 156 valence electrons. The SMILES string of the molecule is COc1ccc(-c2nc3ccc(C(=O)OCC(=O)Nc4ccccc4Cl)cc3[nH]2)cc1. The normalized spacial score (nSPS) is 10.6. The summed E-state index contributed by atoms with van der Waals surface area (Å²) < 4.78 is 10.3. The van der Waals surface area contributed by atoms with Crippen LogP contribution in [0.1, 0.15) is 10.4 Å². The van der Waals surface area contributed by atoms with Crippen LogP contribution in [0.25, 0.3) is 22.4 Å². The van der Waals surface area contributed by atoms with Gasteiger partial charge in [-0.3, -0.25) is 4.79 Å².